The van der Waals surface area contributed by atoms with Crippen LogP contribution in [0.3, 0.4) is 0 Å². The maximum absolute atomic E-state index is 10.2. The summed E-state index contributed by atoms with van der Waals surface area (Å²) in [5.74, 6) is 0. The lowest BCUT2D eigenvalue weighted by Crippen LogP contribution is -2.05. The molecule has 0 saturated carbocycles. The van der Waals surface area contributed by atoms with Crippen molar-refractivity contribution in [3.05, 3.63) is 0 Å². The van der Waals surface area contributed by atoms with E-state index in [2.05, 4.69) is 11.1 Å². The fourth-order valence-corrected chi connectivity index (χ4v) is 2.43. The van der Waals surface area contributed by atoms with Crippen LogP contribution in [-0.4, -0.2) is 56.1 Å². The molecular weight excluding hydrogens is 372 g/mol. The zero-order chi connectivity index (χ0) is 21.2. The summed E-state index contributed by atoms with van der Waals surface area (Å²) in [6.45, 7) is 3.21. The van der Waals surface area contributed by atoms with Crippen LogP contribution in [0.25, 0.3) is 0 Å². The molecule has 168 valence electrons. The number of hydrogen-bond acceptors (Lipinski definition) is 8. The van der Waals surface area contributed by atoms with Gasteiger partial charge >= 0.3 is 0 Å². The Morgan fingerprint density at radius 1 is 0.741 bits per heavy atom. The minimum absolute atomic E-state index is 0.0310. The van der Waals surface area contributed by atoms with Crippen molar-refractivity contribution in [1.82, 2.24) is 0 Å². The van der Waals surface area contributed by atoms with E-state index in [1.54, 1.807) is 0 Å². The highest BCUT2D eigenvalue weighted by Gasteiger charge is 1.96. The Morgan fingerprint density at radius 3 is 1.30 bits per heavy atom. The number of aliphatic hydroxyl groups is 2. The van der Waals surface area contributed by atoms with Crippen LogP contribution < -0.4 is 11.5 Å². The van der Waals surface area contributed by atoms with Crippen molar-refractivity contribution in [2.75, 3.05) is 32.9 Å². The highest BCUT2D eigenvalue weighted by atomic mass is 32.3. The molecule has 8 nitrogen and oxygen atoms in total. The Kier molecular flexibility index (Phi) is 32.5. The molecule has 6 N–H and O–H groups in total. The van der Waals surface area contributed by atoms with Gasteiger partial charge in [0.15, 0.2) is 0 Å². The maximum Gasteiger partial charge on any atom is 0.217 e. The van der Waals surface area contributed by atoms with Crippen LogP contribution in [-0.2, 0) is 14.6 Å². The smallest absolute Gasteiger partial charge is 0.217 e. The van der Waals surface area contributed by atoms with Crippen LogP contribution in [0.4, 0.5) is 0 Å². The second-order valence-corrected chi connectivity index (χ2v) is 7.20. The van der Waals surface area contributed by atoms with E-state index >= 15 is 0 Å². The van der Waals surface area contributed by atoms with Crippen LogP contribution in [0.5, 0.6) is 0 Å². The van der Waals surface area contributed by atoms with Gasteiger partial charge in [-0.05, 0) is 6.42 Å². The van der Waals surface area contributed by atoms with E-state index in [-0.39, 0.29) is 19.8 Å². The predicted molar refractivity (Wildman–Crippen MR) is 109 cm³/mol. The molecule has 0 aliphatic heterocycles. The summed E-state index contributed by atoms with van der Waals surface area (Å²) < 4.78 is 34.6. The first kappa shape index (κ1) is 31.4. The highest BCUT2D eigenvalue weighted by molar-refractivity contribution is 7.80. The van der Waals surface area contributed by atoms with Crippen LogP contribution in [0.1, 0.15) is 84.0 Å². The normalized spacial score (nSPS) is 10.6. The Balaban J connectivity index is -0.000000603. The fourth-order valence-electron chi connectivity index (χ4n) is 2.10. The third-order valence-corrected chi connectivity index (χ3v) is 3.94. The Hall–Kier alpha value is -0.290. The molecule has 0 unspecified atom stereocenters. The van der Waals surface area contributed by atoms with Gasteiger partial charge in [-0.2, -0.15) is 0 Å². The van der Waals surface area contributed by atoms with Crippen LogP contribution in [0.15, 0.2) is 0 Å². The second-order valence-electron chi connectivity index (χ2n) is 6.14. The second kappa shape index (κ2) is 27.9. The van der Waals surface area contributed by atoms with Crippen molar-refractivity contribution in [3.8, 4) is 0 Å². The van der Waals surface area contributed by atoms with Gasteiger partial charge in [-0.3, -0.25) is 4.18 Å². The van der Waals surface area contributed by atoms with Crippen LogP contribution in [0.2, 0.25) is 0 Å². The molecule has 0 rings (SSSR count). The minimum Gasteiger partial charge on any atom is -0.726 e. The number of aliphatic hydroxyl groups excluding tert-OH is 2. The quantitative estimate of drug-likeness (QED) is 0.169. The van der Waals surface area contributed by atoms with Gasteiger partial charge in [-0.1, -0.05) is 77.6 Å². The first-order chi connectivity index (χ1) is 12.9. The van der Waals surface area contributed by atoms with Gasteiger partial charge in [0.1, 0.15) is 0 Å². The molecule has 0 spiro atoms. The molecule has 0 aliphatic rings. The molecule has 0 fully saturated rings. The zero-order valence-corrected chi connectivity index (χ0v) is 17.9. The molecular formula is C18H43N2O6S-. The average molecular weight is 416 g/mol. The predicted octanol–water partition coefficient (Wildman–Crippen LogP) is 2.04. The summed E-state index contributed by atoms with van der Waals surface area (Å²) in [5, 5.41) is 15.5. The van der Waals surface area contributed by atoms with E-state index in [0.29, 0.717) is 19.5 Å². The van der Waals surface area contributed by atoms with Crippen molar-refractivity contribution in [3.63, 3.8) is 0 Å². The molecule has 0 heterocycles. The van der Waals surface area contributed by atoms with E-state index < -0.39 is 10.4 Å². The third-order valence-electron chi connectivity index (χ3n) is 3.48. The Labute approximate surface area is 166 Å². The molecule has 0 aromatic rings. The molecule has 0 bridgehead atoms. The van der Waals surface area contributed by atoms with E-state index in [1.165, 1.54) is 57.8 Å². The Bertz CT molecular complexity index is 335. The summed E-state index contributed by atoms with van der Waals surface area (Å²) in [5.41, 5.74) is 9.56. The van der Waals surface area contributed by atoms with Gasteiger partial charge in [0.25, 0.3) is 0 Å². The summed E-state index contributed by atoms with van der Waals surface area (Å²) in [7, 11) is -4.49. The first-order valence-electron chi connectivity index (χ1n) is 10.1. The van der Waals surface area contributed by atoms with Gasteiger partial charge < -0.3 is 26.2 Å². The van der Waals surface area contributed by atoms with Gasteiger partial charge in [-0.25, -0.2) is 8.42 Å². The van der Waals surface area contributed by atoms with Gasteiger partial charge in [-0.15, -0.1) is 0 Å². The first-order valence-corrected chi connectivity index (χ1v) is 11.4. The molecule has 0 aromatic carbocycles. The summed E-state index contributed by atoms with van der Waals surface area (Å²) in [4.78, 5) is 0. The number of unbranched alkanes of at least 4 members (excludes halogenated alkanes) is 11. The topological polar surface area (TPSA) is 159 Å². The van der Waals surface area contributed by atoms with E-state index in [0.717, 1.165) is 12.8 Å². The highest BCUT2D eigenvalue weighted by Crippen LogP contribution is 2.11. The number of nitrogens with two attached hydrogens (primary N) is 2. The molecule has 0 amide bonds. The van der Waals surface area contributed by atoms with Crippen molar-refractivity contribution in [1.29, 1.82) is 0 Å². The standard InChI is InChI=1S/C14H30O4S.2C2H7NO/c1-2-3-4-5-6-7-8-9-10-11-12-13-14-18-19(15,16)17;2*3-1-2-4/h2-14H2,1H3,(H,15,16,17);2*4H,1-3H2/p-1. The van der Waals surface area contributed by atoms with E-state index in [9.17, 15) is 13.0 Å². The Morgan fingerprint density at radius 2 is 1.04 bits per heavy atom. The van der Waals surface area contributed by atoms with Crippen molar-refractivity contribution >= 4 is 10.4 Å². The lowest BCUT2D eigenvalue weighted by molar-refractivity contribution is 0.255. The summed E-state index contributed by atoms with van der Waals surface area (Å²) in [6, 6.07) is 0. The maximum atomic E-state index is 10.2. The zero-order valence-electron chi connectivity index (χ0n) is 17.1. The van der Waals surface area contributed by atoms with Gasteiger partial charge in [0.05, 0.1) is 19.8 Å². The molecule has 0 aliphatic carbocycles. The number of hydrogen-bond donors (Lipinski definition) is 4. The lowest BCUT2D eigenvalue weighted by atomic mass is 10.1. The van der Waals surface area contributed by atoms with Crippen LogP contribution >= 0.6 is 0 Å². The molecule has 0 aromatic heterocycles. The third kappa shape index (κ3) is 46.1. The fraction of sp³-hybridized carbons (Fsp3) is 1.00. The summed E-state index contributed by atoms with van der Waals surface area (Å²) >= 11 is 0. The number of rotatable bonds is 16. The average Bonchev–Trinajstić information content (AvgIpc) is 2.65. The largest absolute Gasteiger partial charge is 0.726 e. The van der Waals surface area contributed by atoms with Gasteiger partial charge in [0, 0.05) is 13.1 Å². The molecule has 0 saturated heterocycles. The minimum atomic E-state index is -4.49. The van der Waals surface area contributed by atoms with E-state index in [4.69, 9.17) is 21.7 Å². The van der Waals surface area contributed by atoms with Crippen molar-refractivity contribution < 1.29 is 27.4 Å². The van der Waals surface area contributed by atoms with Crippen molar-refractivity contribution in [2.45, 2.75) is 84.0 Å². The van der Waals surface area contributed by atoms with Gasteiger partial charge in [0.2, 0.25) is 10.4 Å². The monoisotopic (exact) mass is 415 g/mol. The SMILES string of the molecule is CCCCCCCCCCCCCCOS(=O)(=O)[O-].NCCO.NCCO. The summed E-state index contributed by atoms with van der Waals surface area (Å²) in [6.07, 6.45) is 14.5. The molecule has 27 heavy (non-hydrogen) atoms. The molecule has 9 heteroatoms. The molecule has 0 radical (unpaired) electrons. The lowest BCUT2D eigenvalue weighted by Gasteiger charge is -2.07. The van der Waals surface area contributed by atoms with Crippen molar-refractivity contribution in [2.24, 2.45) is 11.5 Å². The molecule has 0 atom stereocenters. The van der Waals surface area contributed by atoms with Crippen LogP contribution in [0, 0.1) is 0 Å². The van der Waals surface area contributed by atoms with E-state index in [1.807, 2.05) is 0 Å².